The maximum atomic E-state index is 13.9. The number of carbonyl (C=O) groups is 3. The van der Waals surface area contributed by atoms with Gasteiger partial charge < -0.3 is 4.90 Å². The van der Waals surface area contributed by atoms with Crippen LogP contribution >= 0.6 is 11.6 Å². The van der Waals surface area contributed by atoms with Crippen LogP contribution in [-0.2, 0) is 16.0 Å². The molecule has 166 valence electrons. The fraction of sp³-hybridized carbons (Fsp3) is 0.318. The molecule has 1 N–H and O–H groups in total. The Morgan fingerprint density at radius 3 is 2.50 bits per heavy atom. The molecule has 2 aromatic carbocycles. The van der Waals surface area contributed by atoms with Gasteiger partial charge in [-0.15, -0.1) is 0 Å². The quantitative estimate of drug-likeness (QED) is 0.426. The molecule has 0 aliphatic carbocycles. The standard InChI is InChI=1S/C22H21ClN4O5/c1-3-4-18-22(12-13-11-16(27(31)32)9-10-17(13)25(18)2)19(28)24-21(30)26(20(22)29)15-7-5-14(23)6-8-15/h5-11,18H,3-4,12H2,1-2H3,(H,24,28,30)/t18-,22-/m1/s1. The Labute approximate surface area is 189 Å². The summed E-state index contributed by atoms with van der Waals surface area (Å²) in [5, 5.41) is 14.1. The lowest BCUT2D eigenvalue weighted by Gasteiger charge is -2.50. The van der Waals surface area contributed by atoms with Crippen molar-refractivity contribution in [2.75, 3.05) is 16.8 Å². The van der Waals surface area contributed by atoms with E-state index in [4.69, 9.17) is 11.6 Å². The number of halogens is 1. The van der Waals surface area contributed by atoms with Gasteiger partial charge in [0.1, 0.15) is 0 Å². The average Bonchev–Trinajstić information content (AvgIpc) is 2.75. The molecule has 4 amide bonds. The molecule has 1 spiro atoms. The lowest BCUT2D eigenvalue weighted by Crippen LogP contribution is -2.72. The van der Waals surface area contributed by atoms with Gasteiger partial charge in [0, 0.05) is 36.3 Å². The van der Waals surface area contributed by atoms with E-state index >= 15 is 0 Å². The molecule has 9 nitrogen and oxygen atoms in total. The van der Waals surface area contributed by atoms with Crippen LogP contribution in [0.2, 0.25) is 5.02 Å². The molecule has 1 saturated heterocycles. The third-order valence-electron chi connectivity index (χ3n) is 6.22. The number of nitro benzene ring substituents is 1. The second-order valence-corrected chi connectivity index (χ2v) is 8.45. The van der Waals surface area contributed by atoms with Crippen LogP contribution in [0.25, 0.3) is 0 Å². The zero-order valence-electron chi connectivity index (χ0n) is 17.5. The highest BCUT2D eigenvalue weighted by atomic mass is 35.5. The number of urea groups is 1. The molecule has 2 aliphatic heterocycles. The Balaban J connectivity index is 1.88. The van der Waals surface area contributed by atoms with E-state index in [1.165, 1.54) is 24.3 Å². The van der Waals surface area contributed by atoms with Gasteiger partial charge in [-0.2, -0.15) is 0 Å². The molecule has 2 aliphatic rings. The molecule has 2 aromatic rings. The summed E-state index contributed by atoms with van der Waals surface area (Å²) in [5.41, 5.74) is -0.249. The van der Waals surface area contributed by atoms with Crippen LogP contribution in [0.4, 0.5) is 21.9 Å². The number of non-ortho nitro benzene ring substituents is 1. The van der Waals surface area contributed by atoms with E-state index in [-0.39, 0.29) is 17.8 Å². The molecule has 2 atom stereocenters. The van der Waals surface area contributed by atoms with E-state index in [2.05, 4.69) is 5.32 Å². The molecule has 32 heavy (non-hydrogen) atoms. The van der Waals surface area contributed by atoms with Crippen LogP contribution in [0.5, 0.6) is 0 Å². The van der Waals surface area contributed by atoms with Crippen LogP contribution in [0.3, 0.4) is 0 Å². The number of nitrogens with one attached hydrogen (secondary N) is 1. The molecule has 2 heterocycles. The molecular weight excluding hydrogens is 436 g/mol. The largest absolute Gasteiger partial charge is 0.370 e. The Morgan fingerprint density at radius 2 is 1.88 bits per heavy atom. The lowest BCUT2D eigenvalue weighted by atomic mass is 9.67. The van der Waals surface area contributed by atoms with E-state index in [0.717, 1.165) is 10.6 Å². The van der Waals surface area contributed by atoms with Gasteiger partial charge >= 0.3 is 6.03 Å². The molecule has 0 radical (unpaired) electrons. The summed E-state index contributed by atoms with van der Waals surface area (Å²) in [4.78, 5) is 53.5. The minimum Gasteiger partial charge on any atom is -0.370 e. The van der Waals surface area contributed by atoms with E-state index < -0.39 is 34.2 Å². The SMILES string of the molecule is CCC[C@H]1N(C)c2ccc([N+](=O)[O-])cc2C[C@]12C(=O)NC(=O)N(c1ccc(Cl)cc1)C2=O. The predicted molar refractivity (Wildman–Crippen MR) is 119 cm³/mol. The Morgan fingerprint density at radius 1 is 1.19 bits per heavy atom. The average molecular weight is 457 g/mol. The molecule has 0 saturated carbocycles. The van der Waals surface area contributed by atoms with E-state index in [9.17, 15) is 24.5 Å². The maximum Gasteiger partial charge on any atom is 0.335 e. The Hall–Kier alpha value is -3.46. The molecule has 4 rings (SSSR count). The third-order valence-corrected chi connectivity index (χ3v) is 6.47. The number of nitro groups is 1. The van der Waals surface area contributed by atoms with Crippen molar-refractivity contribution in [3.8, 4) is 0 Å². The van der Waals surface area contributed by atoms with Gasteiger partial charge in [-0.05, 0) is 42.3 Å². The fourth-order valence-electron chi connectivity index (χ4n) is 4.73. The van der Waals surface area contributed by atoms with Gasteiger partial charge in [-0.1, -0.05) is 24.9 Å². The van der Waals surface area contributed by atoms with Crippen molar-refractivity contribution in [3.63, 3.8) is 0 Å². The second-order valence-electron chi connectivity index (χ2n) is 8.01. The van der Waals surface area contributed by atoms with E-state index in [1.54, 1.807) is 25.2 Å². The van der Waals surface area contributed by atoms with Crippen molar-refractivity contribution in [1.82, 2.24) is 5.32 Å². The smallest absolute Gasteiger partial charge is 0.335 e. The first-order valence-electron chi connectivity index (χ1n) is 10.2. The second kappa shape index (κ2) is 7.90. The minimum atomic E-state index is -1.62. The third kappa shape index (κ3) is 3.20. The predicted octanol–water partition coefficient (Wildman–Crippen LogP) is 3.68. The van der Waals surface area contributed by atoms with Crippen LogP contribution in [-0.4, -0.2) is 35.9 Å². The van der Waals surface area contributed by atoms with Gasteiger partial charge in [0.15, 0.2) is 5.41 Å². The minimum absolute atomic E-state index is 0.0545. The Bertz CT molecular complexity index is 1140. The van der Waals surface area contributed by atoms with Crippen molar-refractivity contribution in [1.29, 1.82) is 0 Å². The van der Waals surface area contributed by atoms with Crippen LogP contribution < -0.4 is 15.1 Å². The molecule has 10 heteroatoms. The first-order valence-corrected chi connectivity index (χ1v) is 10.5. The highest BCUT2D eigenvalue weighted by Gasteiger charge is 2.61. The number of nitrogens with zero attached hydrogens (tertiary/aromatic N) is 3. The maximum absolute atomic E-state index is 13.9. The van der Waals surface area contributed by atoms with E-state index in [1.807, 2.05) is 11.8 Å². The number of carbonyl (C=O) groups excluding carboxylic acids is 3. The summed E-state index contributed by atoms with van der Waals surface area (Å²) in [5.74, 6) is -1.35. The molecule has 0 aromatic heterocycles. The molecule has 1 fully saturated rings. The van der Waals surface area contributed by atoms with Gasteiger partial charge in [0.05, 0.1) is 16.7 Å². The van der Waals surface area contributed by atoms with Crippen LogP contribution in [0.15, 0.2) is 42.5 Å². The summed E-state index contributed by atoms with van der Waals surface area (Å²) in [6.07, 6.45) is 1.14. The van der Waals surface area contributed by atoms with Crippen LogP contribution in [0, 0.1) is 15.5 Å². The van der Waals surface area contributed by atoms with Gasteiger partial charge in [-0.25, -0.2) is 9.69 Å². The first kappa shape index (κ1) is 21.8. The summed E-state index contributed by atoms with van der Waals surface area (Å²) < 4.78 is 0. The number of benzene rings is 2. The highest BCUT2D eigenvalue weighted by Crippen LogP contribution is 2.46. The van der Waals surface area contributed by atoms with Gasteiger partial charge in [0.2, 0.25) is 5.91 Å². The van der Waals surface area contributed by atoms with E-state index in [0.29, 0.717) is 23.4 Å². The zero-order chi connectivity index (χ0) is 23.2. The number of barbiturate groups is 1. The Kier molecular flexibility index (Phi) is 5.37. The summed E-state index contributed by atoms with van der Waals surface area (Å²) in [6.45, 7) is 1.94. The summed E-state index contributed by atoms with van der Waals surface area (Å²) >= 11 is 5.95. The number of imide groups is 2. The van der Waals surface area contributed by atoms with Crippen LogP contribution in [0.1, 0.15) is 25.3 Å². The van der Waals surface area contributed by atoms with Crippen molar-refractivity contribution < 1.29 is 19.3 Å². The van der Waals surface area contributed by atoms with Gasteiger partial charge in [-0.3, -0.25) is 25.0 Å². The van der Waals surface area contributed by atoms with Crippen molar-refractivity contribution >= 4 is 46.5 Å². The number of fused-ring (bicyclic) bond motifs is 1. The number of anilines is 2. The number of rotatable bonds is 4. The number of hydrogen-bond acceptors (Lipinski definition) is 6. The van der Waals surface area contributed by atoms with Gasteiger partial charge in [0.25, 0.3) is 11.6 Å². The zero-order valence-corrected chi connectivity index (χ0v) is 18.3. The molecule has 0 unspecified atom stereocenters. The molecule has 0 bridgehead atoms. The van der Waals surface area contributed by atoms with Crippen molar-refractivity contribution in [3.05, 3.63) is 63.2 Å². The summed E-state index contributed by atoms with van der Waals surface area (Å²) in [6, 6.07) is 9.21. The fourth-order valence-corrected chi connectivity index (χ4v) is 4.86. The van der Waals surface area contributed by atoms with Crippen molar-refractivity contribution in [2.24, 2.45) is 5.41 Å². The lowest BCUT2D eigenvalue weighted by molar-refractivity contribution is -0.384. The summed E-state index contributed by atoms with van der Waals surface area (Å²) in [7, 11) is 1.76. The monoisotopic (exact) mass is 456 g/mol. The highest BCUT2D eigenvalue weighted by molar-refractivity contribution is 6.32. The normalized spacial score (nSPS) is 22.7. The molecular formula is C22H21ClN4O5. The number of amides is 4. The van der Waals surface area contributed by atoms with Crippen molar-refractivity contribution in [2.45, 2.75) is 32.2 Å². The first-order chi connectivity index (χ1) is 15.2. The number of hydrogen-bond donors (Lipinski definition) is 1. The topological polar surface area (TPSA) is 113 Å².